The second kappa shape index (κ2) is 2.43. The molecule has 0 radical (unpaired) electrons. The summed E-state index contributed by atoms with van der Waals surface area (Å²) >= 11 is 0. The van der Waals surface area contributed by atoms with Crippen molar-refractivity contribution in [3.63, 3.8) is 0 Å². The first-order chi connectivity index (χ1) is 4.58. The normalized spacial score (nSPS) is 17.9. The van der Waals surface area contributed by atoms with E-state index in [2.05, 4.69) is 10.1 Å². The van der Waals surface area contributed by atoms with E-state index in [0.717, 1.165) is 0 Å². The summed E-state index contributed by atoms with van der Waals surface area (Å²) < 4.78 is 27.2. The molecule has 0 aliphatic carbocycles. The van der Waals surface area contributed by atoms with Gasteiger partial charge < -0.3 is 4.74 Å². The summed E-state index contributed by atoms with van der Waals surface area (Å²) in [5, 5.41) is 4.62. The van der Waals surface area contributed by atoms with Crippen LogP contribution < -0.4 is 9.86 Å². The van der Waals surface area contributed by atoms with Crippen LogP contribution in [-0.2, 0) is 14.9 Å². The molecule has 7 heteroatoms. The van der Waals surface area contributed by atoms with Crippen LogP contribution in [0.15, 0.2) is 4.99 Å². The Morgan fingerprint density at radius 2 is 2.40 bits per heavy atom. The van der Waals surface area contributed by atoms with Gasteiger partial charge >= 0.3 is 0 Å². The summed E-state index contributed by atoms with van der Waals surface area (Å²) in [4.78, 5) is 3.65. The number of aliphatic imine (C=N–C) groups is 1. The van der Waals surface area contributed by atoms with E-state index in [-0.39, 0.29) is 6.02 Å². The highest BCUT2D eigenvalue weighted by Crippen LogP contribution is 1.90. The zero-order valence-corrected chi connectivity index (χ0v) is 5.89. The maximum Gasteiger partial charge on any atom is 0.300 e. The average Bonchev–Trinajstić information content (AvgIpc) is 2.12. The van der Waals surface area contributed by atoms with Crippen LogP contribution in [0, 0.1) is 0 Å². The summed E-state index contributed by atoms with van der Waals surface area (Å²) in [6, 6.07) is -0.0255. The zero-order valence-electron chi connectivity index (χ0n) is 5.07. The average molecular weight is 165 g/mol. The Morgan fingerprint density at radius 3 is 2.80 bits per heavy atom. The van der Waals surface area contributed by atoms with Crippen molar-refractivity contribution in [2.75, 3.05) is 13.2 Å². The summed E-state index contributed by atoms with van der Waals surface area (Å²) in [7, 11) is -3.71. The predicted molar refractivity (Wildman–Crippen MR) is 34.5 cm³/mol. The molecule has 0 saturated heterocycles. The molecule has 0 saturated carbocycles. The molecule has 58 valence electrons. The van der Waals surface area contributed by atoms with Crippen molar-refractivity contribution < 1.29 is 13.2 Å². The second-order valence-electron chi connectivity index (χ2n) is 1.68. The fraction of sp³-hybridized carbons (Fsp3) is 0.667. The first-order valence-electron chi connectivity index (χ1n) is 2.56. The number of hydrogen-bond acceptors (Lipinski definition) is 4. The summed E-state index contributed by atoms with van der Waals surface area (Å²) in [5.41, 5.74) is 0. The maximum atomic E-state index is 10.3. The van der Waals surface area contributed by atoms with Gasteiger partial charge in [0.2, 0.25) is 0 Å². The standard InChI is InChI=1S/C3H7N3O3S/c4-10(7,8)6-3-5-1-2-9-3/h1-2H2,(H,5,6)(H2,4,7,8). The highest BCUT2D eigenvalue weighted by atomic mass is 32.2. The third-order valence-electron chi connectivity index (χ3n) is 0.815. The van der Waals surface area contributed by atoms with Crippen molar-refractivity contribution in [3.05, 3.63) is 0 Å². The summed E-state index contributed by atoms with van der Waals surface area (Å²) in [5.74, 6) is 0. The molecule has 0 unspecified atom stereocenters. The lowest BCUT2D eigenvalue weighted by Crippen LogP contribution is -2.36. The van der Waals surface area contributed by atoms with Crippen molar-refractivity contribution in [2.24, 2.45) is 10.1 Å². The summed E-state index contributed by atoms with van der Waals surface area (Å²) in [6.45, 7) is 0.871. The van der Waals surface area contributed by atoms with Crippen LogP contribution in [0.25, 0.3) is 0 Å². The molecular weight excluding hydrogens is 158 g/mol. The molecule has 10 heavy (non-hydrogen) atoms. The molecular formula is C3H7N3O3S. The lowest BCUT2D eigenvalue weighted by Gasteiger charge is -2.00. The Kier molecular flexibility index (Phi) is 1.77. The molecule has 0 aromatic heterocycles. The topological polar surface area (TPSA) is 93.8 Å². The van der Waals surface area contributed by atoms with Gasteiger partial charge in [-0.15, -0.1) is 0 Å². The van der Waals surface area contributed by atoms with Gasteiger partial charge in [-0.2, -0.15) is 8.42 Å². The zero-order chi connectivity index (χ0) is 7.61. The number of hydrogen-bond donors (Lipinski definition) is 2. The summed E-state index contributed by atoms with van der Waals surface area (Å²) in [6.07, 6.45) is 0. The minimum Gasteiger partial charge on any atom is -0.463 e. The SMILES string of the molecule is NS(=O)(=O)NC1=NCCO1. The van der Waals surface area contributed by atoms with Gasteiger partial charge in [-0.25, -0.2) is 14.9 Å². The van der Waals surface area contributed by atoms with Crippen molar-refractivity contribution in [3.8, 4) is 0 Å². The van der Waals surface area contributed by atoms with E-state index in [1.54, 1.807) is 0 Å². The van der Waals surface area contributed by atoms with Gasteiger partial charge in [0, 0.05) is 0 Å². The van der Waals surface area contributed by atoms with Crippen LogP contribution in [0.2, 0.25) is 0 Å². The molecule has 1 heterocycles. The molecule has 0 aromatic rings. The maximum absolute atomic E-state index is 10.3. The van der Waals surface area contributed by atoms with E-state index in [4.69, 9.17) is 4.74 Å². The Hall–Kier alpha value is -0.820. The third kappa shape index (κ3) is 2.19. The van der Waals surface area contributed by atoms with E-state index >= 15 is 0 Å². The molecule has 0 bridgehead atoms. The first-order valence-corrected chi connectivity index (χ1v) is 4.10. The Balaban J connectivity index is 2.54. The highest BCUT2D eigenvalue weighted by molar-refractivity contribution is 7.87. The lowest BCUT2D eigenvalue weighted by atomic mass is 10.8. The van der Waals surface area contributed by atoms with Gasteiger partial charge in [0.1, 0.15) is 6.61 Å². The number of amidine groups is 1. The number of nitrogens with two attached hydrogens (primary N) is 1. The highest BCUT2D eigenvalue weighted by Gasteiger charge is 2.11. The molecule has 1 aliphatic rings. The number of nitrogens with one attached hydrogen (secondary N) is 1. The molecule has 1 rings (SSSR count). The number of rotatable bonds is 1. The van der Waals surface area contributed by atoms with E-state index in [9.17, 15) is 8.42 Å². The van der Waals surface area contributed by atoms with Crippen LogP contribution in [0.4, 0.5) is 0 Å². The Bertz CT molecular complexity index is 244. The van der Waals surface area contributed by atoms with Gasteiger partial charge in [0.05, 0.1) is 6.54 Å². The van der Waals surface area contributed by atoms with Crippen LogP contribution in [0.5, 0.6) is 0 Å². The quantitative estimate of drug-likeness (QED) is 0.478. The molecule has 0 spiro atoms. The van der Waals surface area contributed by atoms with Gasteiger partial charge in [0.15, 0.2) is 0 Å². The Morgan fingerprint density at radius 1 is 1.70 bits per heavy atom. The van der Waals surface area contributed by atoms with Crippen molar-refractivity contribution in [1.82, 2.24) is 4.72 Å². The third-order valence-corrected chi connectivity index (χ3v) is 1.27. The van der Waals surface area contributed by atoms with E-state index < -0.39 is 10.2 Å². The second-order valence-corrected chi connectivity index (χ2v) is 2.98. The van der Waals surface area contributed by atoms with Gasteiger partial charge in [-0.3, -0.25) is 0 Å². The monoisotopic (exact) mass is 165 g/mol. The largest absolute Gasteiger partial charge is 0.463 e. The van der Waals surface area contributed by atoms with Crippen LogP contribution >= 0.6 is 0 Å². The predicted octanol–water partition coefficient (Wildman–Crippen LogP) is -1.83. The van der Waals surface area contributed by atoms with E-state index in [1.165, 1.54) is 0 Å². The van der Waals surface area contributed by atoms with Crippen LogP contribution in [0.3, 0.4) is 0 Å². The molecule has 0 aromatic carbocycles. The fourth-order valence-electron chi connectivity index (χ4n) is 0.519. The molecule has 0 amide bonds. The minimum atomic E-state index is -3.71. The molecule has 3 N–H and O–H groups in total. The van der Waals surface area contributed by atoms with Crippen LogP contribution in [-0.4, -0.2) is 27.6 Å². The fourth-order valence-corrected chi connectivity index (χ4v) is 0.885. The first kappa shape index (κ1) is 7.29. The van der Waals surface area contributed by atoms with Crippen molar-refractivity contribution >= 4 is 16.2 Å². The van der Waals surface area contributed by atoms with Crippen molar-refractivity contribution in [1.29, 1.82) is 0 Å². The van der Waals surface area contributed by atoms with E-state index in [1.807, 2.05) is 4.72 Å². The molecule has 0 atom stereocenters. The number of ether oxygens (including phenoxy) is 1. The van der Waals surface area contributed by atoms with E-state index in [0.29, 0.717) is 13.2 Å². The smallest absolute Gasteiger partial charge is 0.300 e. The molecule has 1 aliphatic heterocycles. The van der Waals surface area contributed by atoms with Gasteiger partial charge in [-0.05, 0) is 0 Å². The van der Waals surface area contributed by atoms with Crippen LogP contribution in [0.1, 0.15) is 0 Å². The van der Waals surface area contributed by atoms with Gasteiger partial charge in [0.25, 0.3) is 16.2 Å². The number of nitrogens with zero attached hydrogens (tertiary/aromatic N) is 1. The Labute approximate surface area is 58.3 Å². The van der Waals surface area contributed by atoms with Gasteiger partial charge in [-0.1, -0.05) is 0 Å². The minimum absolute atomic E-state index is 0.0255. The molecule has 0 fully saturated rings. The van der Waals surface area contributed by atoms with Crippen molar-refractivity contribution in [2.45, 2.75) is 0 Å². The lowest BCUT2D eigenvalue weighted by molar-refractivity contribution is 0.338. The molecule has 6 nitrogen and oxygen atoms in total.